The molecule has 1 unspecified atom stereocenters. The van der Waals surface area contributed by atoms with Gasteiger partial charge in [0.05, 0.1) is 0 Å². The van der Waals surface area contributed by atoms with Crippen molar-refractivity contribution >= 4 is 5.91 Å². The van der Waals surface area contributed by atoms with Crippen molar-refractivity contribution in [2.45, 2.75) is 26.2 Å². The highest BCUT2D eigenvalue weighted by Gasteiger charge is 2.07. The summed E-state index contributed by atoms with van der Waals surface area (Å²) in [5.41, 5.74) is 4.98. The van der Waals surface area contributed by atoms with Gasteiger partial charge in [-0.15, -0.1) is 0 Å². The summed E-state index contributed by atoms with van der Waals surface area (Å²) in [6.45, 7) is 2.13. The first-order valence-corrected chi connectivity index (χ1v) is 3.59. The third-order valence-corrected chi connectivity index (χ3v) is 1.60. The van der Waals surface area contributed by atoms with Crippen molar-refractivity contribution in [2.75, 3.05) is 6.61 Å². The van der Waals surface area contributed by atoms with Crippen molar-refractivity contribution < 1.29 is 9.90 Å². The molecule has 0 radical (unpaired) electrons. The highest BCUT2D eigenvalue weighted by molar-refractivity contribution is 5.73. The van der Waals surface area contributed by atoms with Crippen LogP contribution in [0.1, 0.15) is 26.2 Å². The van der Waals surface area contributed by atoms with Crippen LogP contribution in [0.5, 0.6) is 0 Å². The second kappa shape index (κ2) is 5.23. The lowest BCUT2D eigenvalue weighted by molar-refractivity contribution is -0.119. The molecule has 0 aliphatic carbocycles. The molecule has 0 aromatic rings. The van der Waals surface area contributed by atoms with Gasteiger partial charge in [0.1, 0.15) is 0 Å². The summed E-state index contributed by atoms with van der Waals surface area (Å²) in [7, 11) is 0. The maximum Gasteiger partial charge on any atom is 0.217 e. The molecule has 1 amide bonds. The normalized spacial score (nSPS) is 13.0. The SMILES string of the molecule is CCC(CCO)CC(N)=O. The lowest BCUT2D eigenvalue weighted by atomic mass is 9.99. The van der Waals surface area contributed by atoms with Crippen LogP contribution in [0.3, 0.4) is 0 Å². The number of nitrogens with two attached hydrogens (primary N) is 1. The summed E-state index contributed by atoms with van der Waals surface area (Å²) in [5, 5.41) is 8.53. The van der Waals surface area contributed by atoms with Gasteiger partial charge in [-0.3, -0.25) is 4.79 Å². The summed E-state index contributed by atoms with van der Waals surface area (Å²) in [4.78, 5) is 10.4. The molecular weight excluding hydrogens is 130 g/mol. The Hall–Kier alpha value is -0.570. The second-order valence-corrected chi connectivity index (χ2v) is 2.46. The van der Waals surface area contributed by atoms with Crippen molar-refractivity contribution in [1.29, 1.82) is 0 Å². The molecule has 0 saturated heterocycles. The molecule has 1 atom stereocenters. The van der Waals surface area contributed by atoms with Gasteiger partial charge in [-0.05, 0) is 12.3 Å². The number of aliphatic hydroxyl groups is 1. The van der Waals surface area contributed by atoms with E-state index in [1.807, 2.05) is 6.92 Å². The number of aliphatic hydroxyl groups excluding tert-OH is 1. The number of hydrogen-bond donors (Lipinski definition) is 2. The van der Waals surface area contributed by atoms with Crippen LogP contribution in [0.2, 0.25) is 0 Å². The van der Waals surface area contributed by atoms with E-state index in [2.05, 4.69) is 0 Å². The monoisotopic (exact) mass is 145 g/mol. The molecule has 0 aliphatic rings. The fourth-order valence-corrected chi connectivity index (χ4v) is 0.918. The minimum Gasteiger partial charge on any atom is -0.396 e. The van der Waals surface area contributed by atoms with Gasteiger partial charge in [0.15, 0.2) is 0 Å². The third kappa shape index (κ3) is 4.32. The Bertz CT molecular complexity index is 104. The van der Waals surface area contributed by atoms with E-state index in [4.69, 9.17) is 10.8 Å². The topological polar surface area (TPSA) is 63.3 Å². The molecule has 0 spiro atoms. The molecule has 0 heterocycles. The molecule has 10 heavy (non-hydrogen) atoms. The van der Waals surface area contributed by atoms with Crippen LogP contribution in [0, 0.1) is 5.92 Å². The third-order valence-electron chi connectivity index (χ3n) is 1.60. The van der Waals surface area contributed by atoms with Gasteiger partial charge in [-0.1, -0.05) is 13.3 Å². The van der Waals surface area contributed by atoms with E-state index in [9.17, 15) is 4.79 Å². The molecular formula is C7H15NO2. The van der Waals surface area contributed by atoms with Crippen molar-refractivity contribution in [3.05, 3.63) is 0 Å². The predicted octanol–water partition coefficient (Wildman–Crippen LogP) is 0.270. The fraction of sp³-hybridized carbons (Fsp3) is 0.857. The van der Waals surface area contributed by atoms with E-state index in [1.54, 1.807) is 0 Å². The first-order valence-electron chi connectivity index (χ1n) is 3.59. The van der Waals surface area contributed by atoms with Crippen LogP contribution in [-0.2, 0) is 4.79 Å². The molecule has 0 aromatic carbocycles. The average molecular weight is 145 g/mol. The Morgan fingerprint density at radius 2 is 2.30 bits per heavy atom. The molecule has 0 aliphatic heterocycles. The zero-order valence-electron chi connectivity index (χ0n) is 6.34. The summed E-state index contributed by atoms with van der Waals surface area (Å²) in [6, 6.07) is 0. The molecule has 0 fully saturated rings. The molecule has 3 heteroatoms. The average Bonchev–Trinajstić information content (AvgIpc) is 1.86. The van der Waals surface area contributed by atoms with Gasteiger partial charge < -0.3 is 10.8 Å². The molecule has 0 bridgehead atoms. The van der Waals surface area contributed by atoms with Crippen LogP contribution < -0.4 is 5.73 Å². The van der Waals surface area contributed by atoms with Gasteiger partial charge in [-0.25, -0.2) is 0 Å². The Balaban J connectivity index is 3.49. The Kier molecular flexibility index (Phi) is 4.94. The largest absolute Gasteiger partial charge is 0.396 e. The van der Waals surface area contributed by atoms with E-state index in [1.165, 1.54) is 0 Å². The number of rotatable bonds is 5. The quantitative estimate of drug-likeness (QED) is 0.583. The number of amides is 1. The Morgan fingerprint density at radius 1 is 1.70 bits per heavy atom. The minimum atomic E-state index is -0.277. The first kappa shape index (κ1) is 9.43. The molecule has 60 valence electrons. The highest BCUT2D eigenvalue weighted by Crippen LogP contribution is 2.11. The first-order chi connectivity index (χ1) is 4.70. The van der Waals surface area contributed by atoms with E-state index in [-0.39, 0.29) is 18.4 Å². The van der Waals surface area contributed by atoms with Crippen LogP contribution in [0.25, 0.3) is 0 Å². The highest BCUT2D eigenvalue weighted by atomic mass is 16.3. The maximum atomic E-state index is 10.4. The standard InChI is InChI=1S/C7H15NO2/c1-2-6(3-4-9)5-7(8)10/h6,9H,2-5H2,1H3,(H2,8,10). The zero-order chi connectivity index (χ0) is 7.98. The van der Waals surface area contributed by atoms with Gasteiger partial charge in [0, 0.05) is 13.0 Å². The van der Waals surface area contributed by atoms with Gasteiger partial charge in [0.25, 0.3) is 0 Å². The van der Waals surface area contributed by atoms with Crippen LogP contribution >= 0.6 is 0 Å². The molecule has 3 N–H and O–H groups in total. The summed E-state index contributed by atoms with van der Waals surface area (Å²) in [5.74, 6) is -0.0113. The maximum absolute atomic E-state index is 10.4. The van der Waals surface area contributed by atoms with E-state index in [0.29, 0.717) is 12.8 Å². The predicted molar refractivity (Wildman–Crippen MR) is 39.3 cm³/mol. The summed E-state index contributed by atoms with van der Waals surface area (Å²) < 4.78 is 0. The van der Waals surface area contributed by atoms with Crippen molar-refractivity contribution in [3.8, 4) is 0 Å². The fourth-order valence-electron chi connectivity index (χ4n) is 0.918. The Morgan fingerprint density at radius 3 is 2.60 bits per heavy atom. The van der Waals surface area contributed by atoms with E-state index < -0.39 is 0 Å². The van der Waals surface area contributed by atoms with Crippen LogP contribution in [0.15, 0.2) is 0 Å². The number of carbonyl (C=O) groups is 1. The molecule has 0 rings (SSSR count). The lowest BCUT2D eigenvalue weighted by Gasteiger charge is -2.09. The number of hydrogen-bond acceptors (Lipinski definition) is 2. The van der Waals surface area contributed by atoms with E-state index >= 15 is 0 Å². The molecule has 0 aromatic heterocycles. The Labute approximate surface area is 61.2 Å². The van der Waals surface area contributed by atoms with Crippen LogP contribution in [0.4, 0.5) is 0 Å². The van der Waals surface area contributed by atoms with Crippen molar-refractivity contribution in [3.63, 3.8) is 0 Å². The number of primary amides is 1. The van der Waals surface area contributed by atoms with Gasteiger partial charge in [-0.2, -0.15) is 0 Å². The van der Waals surface area contributed by atoms with E-state index in [0.717, 1.165) is 6.42 Å². The van der Waals surface area contributed by atoms with Crippen molar-refractivity contribution in [1.82, 2.24) is 0 Å². The zero-order valence-corrected chi connectivity index (χ0v) is 6.34. The van der Waals surface area contributed by atoms with Gasteiger partial charge in [0.2, 0.25) is 5.91 Å². The smallest absolute Gasteiger partial charge is 0.217 e. The molecule has 0 saturated carbocycles. The van der Waals surface area contributed by atoms with Gasteiger partial charge >= 0.3 is 0 Å². The van der Waals surface area contributed by atoms with Crippen LogP contribution in [-0.4, -0.2) is 17.6 Å². The second-order valence-electron chi connectivity index (χ2n) is 2.46. The number of carbonyl (C=O) groups excluding carboxylic acids is 1. The summed E-state index contributed by atoms with van der Waals surface area (Å²) >= 11 is 0. The minimum absolute atomic E-state index is 0.145. The lowest BCUT2D eigenvalue weighted by Crippen LogP contribution is -2.16. The molecule has 3 nitrogen and oxygen atoms in total. The van der Waals surface area contributed by atoms with Crippen molar-refractivity contribution in [2.24, 2.45) is 11.7 Å². The summed E-state index contributed by atoms with van der Waals surface area (Å²) in [6.07, 6.45) is 1.99.